The van der Waals surface area contributed by atoms with Gasteiger partial charge < -0.3 is 9.84 Å². The first-order chi connectivity index (χ1) is 15.0. The van der Waals surface area contributed by atoms with Gasteiger partial charge in [-0.15, -0.1) is 0 Å². The molecular weight excluding hydrogens is 396 g/mol. The second-order valence-corrected chi connectivity index (χ2v) is 13.1. The lowest BCUT2D eigenvalue weighted by molar-refractivity contribution is -0.141. The van der Waals surface area contributed by atoms with Crippen molar-refractivity contribution >= 4 is 5.97 Å². The van der Waals surface area contributed by atoms with Crippen LogP contribution in [0.2, 0.25) is 0 Å². The topological polar surface area (TPSA) is 46.5 Å². The van der Waals surface area contributed by atoms with E-state index in [2.05, 4.69) is 40.7 Å². The third-order valence-corrected chi connectivity index (χ3v) is 10.8. The number of rotatable bonds is 6. The molecule has 0 heterocycles. The Morgan fingerprint density at radius 1 is 1.16 bits per heavy atom. The molecule has 182 valence electrons. The molecule has 32 heavy (non-hydrogen) atoms. The maximum atomic E-state index is 11.6. The summed E-state index contributed by atoms with van der Waals surface area (Å²) in [5, 5.41) is 11.6. The van der Waals surface area contributed by atoms with Gasteiger partial charge in [0.15, 0.2) is 0 Å². The standard InChI is InChI=1S/C29H48O3/c1-19(2)8-7-15-29(6,31)26-12-11-24-23-10-9-21-18-22(32-20(3)30)13-16-27(21,4)25(23)14-17-28(24,26)5/h13,19,21,23-26,31H,7-12,14-18H2,1-6H3/t21?,23-,24-,25-,26-,27-,28-,29+/m0/s1. The minimum Gasteiger partial charge on any atom is -0.432 e. The van der Waals surface area contributed by atoms with Crippen LogP contribution in [0.4, 0.5) is 0 Å². The summed E-state index contributed by atoms with van der Waals surface area (Å²) in [6.07, 6.45) is 15.2. The van der Waals surface area contributed by atoms with Crippen molar-refractivity contribution in [2.75, 3.05) is 0 Å². The van der Waals surface area contributed by atoms with Gasteiger partial charge in [-0.25, -0.2) is 0 Å². The summed E-state index contributed by atoms with van der Waals surface area (Å²) in [7, 11) is 0. The Morgan fingerprint density at radius 3 is 2.56 bits per heavy atom. The van der Waals surface area contributed by atoms with E-state index >= 15 is 0 Å². The van der Waals surface area contributed by atoms with Crippen molar-refractivity contribution < 1.29 is 14.6 Å². The van der Waals surface area contributed by atoms with Gasteiger partial charge in [0, 0.05) is 13.3 Å². The van der Waals surface area contributed by atoms with Gasteiger partial charge in [0.1, 0.15) is 5.76 Å². The predicted molar refractivity (Wildman–Crippen MR) is 130 cm³/mol. The van der Waals surface area contributed by atoms with E-state index in [0.717, 1.165) is 55.1 Å². The van der Waals surface area contributed by atoms with E-state index in [9.17, 15) is 9.90 Å². The van der Waals surface area contributed by atoms with Crippen LogP contribution in [0.5, 0.6) is 0 Å². The Morgan fingerprint density at radius 2 is 1.88 bits per heavy atom. The predicted octanol–water partition coefficient (Wildman–Crippen LogP) is 7.28. The van der Waals surface area contributed by atoms with Crippen LogP contribution in [0.15, 0.2) is 11.8 Å². The number of hydrogen-bond acceptors (Lipinski definition) is 3. The first kappa shape index (κ1) is 24.3. The smallest absolute Gasteiger partial charge is 0.307 e. The molecule has 0 amide bonds. The molecule has 8 atom stereocenters. The molecule has 0 bridgehead atoms. The van der Waals surface area contributed by atoms with Crippen LogP contribution in [0.1, 0.15) is 112 Å². The molecule has 1 N–H and O–H groups in total. The normalized spacial score (nSPS) is 43.0. The van der Waals surface area contributed by atoms with E-state index in [-0.39, 0.29) is 5.97 Å². The molecule has 3 saturated carbocycles. The lowest BCUT2D eigenvalue weighted by Crippen LogP contribution is -2.54. The molecular formula is C29H48O3. The highest BCUT2D eigenvalue weighted by atomic mass is 16.5. The molecule has 0 aliphatic heterocycles. The van der Waals surface area contributed by atoms with Gasteiger partial charge in [0.05, 0.1) is 5.60 Å². The van der Waals surface area contributed by atoms with Gasteiger partial charge in [-0.05, 0) is 111 Å². The van der Waals surface area contributed by atoms with Crippen molar-refractivity contribution in [2.24, 2.45) is 46.3 Å². The van der Waals surface area contributed by atoms with E-state index in [1.54, 1.807) is 0 Å². The summed E-state index contributed by atoms with van der Waals surface area (Å²) < 4.78 is 5.50. The van der Waals surface area contributed by atoms with E-state index in [0.29, 0.717) is 22.7 Å². The molecule has 4 aliphatic carbocycles. The van der Waals surface area contributed by atoms with Crippen molar-refractivity contribution in [1.82, 2.24) is 0 Å². The molecule has 4 rings (SSSR count). The average Bonchev–Trinajstić information content (AvgIpc) is 3.05. The molecule has 1 unspecified atom stereocenters. The number of fused-ring (bicyclic) bond motifs is 5. The van der Waals surface area contributed by atoms with Gasteiger partial charge in [-0.3, -0.25) is 4.79 Å². The number of carbonyl (C=O) groups excluding carboxylic acids is 1. The third-order valence-electron chi connectivity index (χ3n) is 10.8. The second kappa shape index (κ2) is 8.75. The summed E-state index contributed by atoms with van der Waals surface area (Å²) in [4.78, 5) is 11.5. The molecule has 0 radical (unpaired) electrons. The zero-order valence-electron chi connectivity index (χ0n) is 21.6. The quantitative estimate of drug-likeness (QED) is 0.438. The third kappa shape index (κ3) is 4.21. The van der Waals surface area contributed by atoms with Crippen molar-refractivity contribution in [3.05, 3.63) is 11.8 Å². The Balaban J connectivity index is 1.49. The fourth-order valence-corrected chi connectivity index (χ4v) is 9.18. The highest BCUT2D eigenvalue weighted by molar-refractivity contribution is 5.67. The fraction of sp³-hybridized carbons (Fsp3) is 0.897. The molecule has 0 spiro atoms. The molecule has 3 heteroatoms. The number of ether oxygens (including phenoxy) is 1. The number of carbonyl (C=O) groups is 1. The minimum atomic E-state index is -0.529. The number of esters is 1. The highest BCUT2D eigenvalue weighted by Crippen LogP contribution is 2.68. The van der Waals surface area contributed by atoms with Gasteiger partial charge in [-0.2, -0.15) is 0 Å². The van der Waals surface area contributed by atoms with Crippen LogP contribution in [0, 0.1) is 46.3 Å². The fourth-order valence-electron chi connectivity index (χ4n) is 9.18. The molecule has 3 fully saturated rings. The zero-order chi connectivity index (χ0) is 23.3. The van der Waals surface area contributed by atoms with Gasteiger partial charge >= 0.3 is 5.97 Å². The Labute approximate surface area is 196 Å². The molecule has 0 saturated heterocycles. The summed E-state index contributed by atoms with van der Waals surface area (Å²) in [6, 6.07) is 0. The van der Waals surface area contributed by atoms with E-state index in [4.69, 9.17) is 4.74 Å². The second-order valence-electron chi connectivity index (χ2n) is 13.1. The Hall–Kier alpha value is -0.830. The lowest BCUT2D eigenvalue weighted by atomic mass is 9.45. The van der Waals surface area contributed by atoms with E-state index in [1.165, 1.54) is 51.9 Å². The minimum absolute atomic E-state index is 0.181. The summed E-state index contributed by atoms with van der Waals surface area (Å²) in [5.41, 5.74) is 0.101. The largest absolute Gasteiger partial charge is 0.432 e. The van der Waals surface area contributed by atoms with Crippen LogP contribution in [0.3, 0.4) is 0 Å². The van der Waals surface area contributed by atoms with Crippen LogP contribution in [-0.4, -0.2) is 16.7 Å². The lowest BCUT2D eigenvalue weighted by Gasteiger charge is -2.60. The molecule has 0 aromatic rings. The first-order valence-corrected chi connectivity index (χ1v) is 13.6. The Kier molecular flexibility index (Phi) is 6.64. The van der Waals surface area contributed by atoms with Gasteiger partial charge in [0.25, 0.3) is 0 Å². The molecule has 0 aromatic carbocycles. The summed E-state index contributed by atoms with van der Waals surface area (Å²) in [5.74, 6) is 4.88. The monoisotopic (exact) mass is 444 g/mol. The molecule has 4 aliphatic rings. The summed E-state index contributed by atoms with van der Waals surface area (Å²) in [6.45, 7) is 13.3. The maximum Gasteiger partial charge on any atom is 0.307 e. The molecule has 3 nitrogen and oxygen atoms in total. The molecule has 0 aromatic heterocycles. The van der Waals surface area contributed by atoms with E-state index < -0.39 is 5.60 Å². The Bertz CT molecular complexity index is 737. The van der Waals surface area contributed by atoms with Crippen LogP contribution in [0.25, 0.3) is 0 Å². The zero-order valence-corrected chi connectivity index (χ0v) is 21.6. The van der Waals surface area contributed by atoms with Crippen molar-refractivity contribution in [1.29, 1.82) is 0 Å². The number of hydrogen-bond donors (Lipinski definition) is 1. The average molecular weight is 445 g/mol. The van der Waals surface area contributed by atoms with E-state index in [1.807, 2.05) is 0 Å². The number of allylic oxidation sites excluding steroid dienone is 2. The van der Waals surface area contributed by atoms with Gasteiger partial charge in [-0.1, -0.05) is 40.5 Å². The maximum absolute atomic E-state index is 11.6. The summed E-state index contributed by atoms with van der Waals surface area (Å²) >= 11 is 0. The van der Waals surface area contributed by atoms with Crippen LogP contribution in [-0.2, 0) is 9.53 Å². The van der Waals surface area contributed by atoms with Crippen LogP contribution >= 0.6 is 0 Å². The van der Waals surface area contributed by atoms with Crippen molar-refractivity contribution in [2.45, 2.75) is 118 Å². The SMILES string of the molecule is CC(=O)OC1=CC[C@@]2(C)C(CC[C@H]3[C@@H]4CC[C@H]([C@](C)(O)CCCC(C)C)[C@@]4(C)CC[C@@H]32)C1. The first-order valence-electron chi connectivity index (χ1n) is 13.6. The van der Waals surface area contributed by atoms with Gasteiger partial charge in [0.2, 0.25) is 0 Å². The van der Waals surface area contributed by atoms with Crippen LogP contribution < -0.4 is 0 Å². The number of aliphatic hydroxyl groups is 1. The van der Waals surface area contributed by atoms with Crippen molar-refractivity contribution in [3.8, 4) is 0 Å². The highest BCUT2D eigenvalue weighted by Gasteiger charge is 2.62. The van der Waals surface area contributed by atoms with Crippen molar-refractivity contribution in [3.63, 3.8) is 0 Å².